The second-order valence-corrected chi connectivity index (χ2v) is 8.89. The fourth-order valence-corrected chi connectivity index (χ4v) is 4.87. The summed E-state index contributed by atoms with van der Waals surface area (Å²) in [5, 5.41) is 2.29. The zero-order valence-electron chi connectivity index (χ0n) is 20.0. The summed E-state index contributed by atoms with van der Waals surface area (Å²) in [6.07, 6.45) is 7.72. The van der Waals surface area contributed by atoms with Crippen molar-refractivity contribution in [1.29, 1.82) is 0 Å². The molecule has 0 aliphatic carbocycles. The van der Waals surface area contributed by atoms with E-state index in [2.05, 4.69) is 103 Å². The molecule has 0 amide bonds. The summed E-state index contributed by atoms with van der Waals surface area (Å²) in [5.41, 5.74) is 4.30. The molecule has 4 aromatic carbocycles. The molecule has 178 valence electrons. The van der Waals surface area contributed by atoms with Gasteiger partial charge in [0, 0.05) is 59.1 Å². The summed E-state index contributed by atoms with van der Waals surface area (Å²) >= 11 is 0. The molecule has 1 aliphatic rings. The number of hydrogen-bond donors (Lipinski definition) is 0. The molecule has 0 saturated heterocycles. The van der Waals surface area contributed by atoms with E-state index >= 15 is 0 Å². The Hall–Kier alpha value is -5.10. The van der Waals surface area contributed by atoms with Gasteiger partial charge in [-0.05, 0) is 48.5 Å². The van der Waals surface area contributed by atoms with E-state index in [1.54, 1.807) is 12.4 Å². The molecule has 3 heterocycles. The van der Waals surface area contributed by atoms with E-state index in [0.29, 0.717) is 5.95 Å². The van der Waals surface area contributed by atoms with Gasteiger partial charge in [0.05, 0.1) is 17.7 Å². The Bertz CT molecular complexity index is 1740. The lowest BCUT2D eigenvalue weighted by molar-refractivity contribution is 0.483. The lowest BCUT2D eigenvalue weighted by Crippen LogP contribution is -2.24. The summed E-state index contributed by atoms with van der Waals surface area (Å²) in [5.74, 6) is 2.17. The number of ether oxygens (including phenoxy) is 1. The van der Waals surface area contributed by atoms with Crippen LogP contribution >= 0.6 is 0 Å². The van der Waals surface area contributed by atoms with Gasteiger partial charge in [-0.3, -0.25) is 4.57 Å². The minimum atomic E-state index is 0.636. The maximum atomic E-state index is 6.37. The molecule has 37 heavy (non-hydrogen) atoms. The van der Waals surface area contributed by atoms with Crippen LogP contribution < -0.4 is 14.5 Å². The van der Waals surface area contributed by atoms with E-state index in [9.17, 15) is 0 Å². The van der Waals surface area contributed by atoms with Crippen molar-refractivity contribution < 1.29 is 4.74 Å². The fourth-order valence-electron chi connectivity index (χ4n) is 4.87. The average molecular weight is 482 g/mol. The highest BCUT2D eigenvalue weighted by Gasteiger charge is 2.17. The Morgan fingerprint density at radius 3 is 2.14 bits per heavy atom. The van der Waals surface area contributed by atoms with Gasteiger partial charge in [-0.1, -0.05) is 42.5 Å². The molecule has 0 unspecified atom stereocenters. The second kappa shape index (κ2) is 8.84. The highest BCUT2D eigenvalue weighted by atomic mass is 16.5. The van der Waals surface area contributed by atoms with Gasteiger partial charge in [-0.15, -0.1) is 0 Å². The molecular weight excluding hydrogens is 458 g/mol. The first-order valence-corrected chi connectivity index (χ1v) is 12.2. The smallest absolute Gasteiger partial charge is 0.234 e. The number of hydrogen-bond acceptors (Lipinski definition) is 5. The van der Waals surface area contributed by atoms with E-state index in [4.69, 9.17) is 4.74 Å². The third-order valence-corrected chi connectivity index (χ3v) is 6.60. The Balaban J connectivity index is 1.21. The number of rotatable bonds is 5. The van der Waals surface area contributed by atoms with Crippen LogP contribution in [-0.2, 0) is 0 Å². The predicted molar refractivity (Wildman–Crippen MR) is 148 cm³/mol. The largest absolute Gasteiger partial charge is 0.457 e. The lowest BCUT2D eigenvalue weighted by Gasteiger charge is -2.22. The standard InChI is InChI=1S/C31H23N5O/c1-2-8-23(9-3-1)34-18-19-35(22-34)24-10-6-11-25(20-24)37-26-14-15-28-27-12-4-5-13-29(27)36(30(28)21-26)31-32-16-7-17-33-31/h1-21H,22H2. The van der Waals surface area contributed by atoms with E-state index in [-0.39, 0.29) is 0 Å². The molecule has 6 heteroatoms. The molecule has 0 fully saturated rings. The zero-order chi connectivity index (χ0) is 24.6. The van der Waals surface area contributed by atoms with Crippen LogP contribution in [-0.4, -0.2) is 21.2 Å². The van der Waals surface area contributed by atoms with Crippen molar-refractivity contribution in [3.05, 3.63) is 128 Å². The van der Waals surface area contributed by atoms with Gasteiger partial charge in [-0.2, -0.15) is 0 Å². The van der Waals surface area contributed by atoms with E-state index in [0.717, 1.165) is 45.7 Å². The summed E-state index contributed by atoms with van der Waals surface area (Å²) < 4.78 is 8.45. The van der Waals surface area contributed by atoms with Crippen molar-refractivity contribution in [2.24, 2.45) is 0 Å². The molecule has 0 atom stereocenters. The first-order chi connectivity index (χ1) is 18.3. The number of anilines is 2. The molecule has 2 aromatic heterocycles. The van der Waals surface area contributed by atoms with E-state index in [1.165, 1.54) is 5.69 Å². The predicted octanol–water partition coefficient (Wildman–Crippen LogP) is 7.12. The van der Waals surface area contributed by atoms with Gasteiger partial charge in [-0.25, -0.2) is 9.97 Å². The van der Waals surface area contributed by atoms with Crippen molar-refractivity contribution in [1.82, 2.24) is 14.5 Å². The van der Waals surface area contributed by atoms with Crippen molar-refractivity contribution in [3.63, 3.8) is 0 Å². The monoisotopic (exact) mass is 481 g/mol. The molecule has 6 aromatic rings. The third-order valence-electron chi connectivity index (χ3n) is 6.60. The van der Waals surface area contributed by atoms with Crippen molar-refractivity contribution in [2.75, 3.05) is 16.5 Å². The minimum absolute atomic E-state index is 0.636. The zero-order valence-corrected chi connectivity index (χ0v) is 20.0. The summed E-state index contributed by atoms with van der Waals surface area (Å²) in [7, 11) is 0. The Morgan fingerprint density at radius 2 is 1.27 bits per heavy atom. The molecule has 0 radical (unpaired) electrons. The number of para-hydroxylation sites is 2. The van der Waals surface area contributed by atoms with Crippen molar-refractivity contribution >= 4 is 33.2 Å². The molecule has 6 nitrogen and oxygen atoms in total. The highest BCUT2D eigenvalue weighted by molar-refractivity contribution is 6.09. The number of aromatic nitrogens is 3. The third kappa shape index (κ3) is 3.85. The van der Waals surface area contributed by atoms with Crippen LogP contribution in [0, 0.1) is 0 Å². The quantitative estimate of drug-likeness (QED) is 0.262. The lowest BCUT2D eigenvalue weighted by atomic mass is 10.1. The molecule has 0 saturated carbocycles. The van der Waals surface area contributed by atoms with Crippen LogP contribution in [0.15, 0.2) is 128 Å². The van der Waals surface area contributed by atoms with Gasteiger partial charge < -0.3 is 14.5 Å². The van der Waals surface area contributed by atoms with Crippen LogP contribution in [0.1, 0.15) is 0 Å². The van der Waals surface area contributed by atoms with Gasteiger partial charge in [0.15, 0.2) is 0 Å². The Morgan fingerprint density at radius 1 is 0.568 bits per heavy atom. The molecule has 0 spiro atoms. The molecule has 7 rings (SSSR count). The first-order valence-electron chi connectivity index (χ1n) is 12.2. The summed E-state index contributed by atoms with van der Waals surface area (Å²) in [6.45, 7) is 0.747. The molecular formula is C31H23N5O. The molecule has 0 bridgehead atoms. The fraction of sp³-hybridized carbons (Fsp3) is 0.0323. The van der Waals surface area contributed by atoms with Crippen molar-refractivity contribution in [2.45, 2.75) is 0 Å². The topological polar surface area (TPSA) is 46.4 Å². The maximum absolute atomic E-state index is 6.37. The van der Waals surface area contributed by atoms with Gasteiger partial charge in [0.25, 0.3) is 0 Å². The van der Waals surface area contributed by atoms with Crippen LogP contribution in [0.3, 0.4) is 0 Å². The van der Waals surface area contributed by atoms with Gasteiger partial charge >= 0.3 is 0 Å². The van der Waals surface area contributed by atoms with Crippen molar-refractivity contribution in [3.8, 4) is 17.4 Å². The normalized spacial score (nSPS) is 13.1. The Kier molecular flexibility index (Phi) is 5.07. The van der Waals surface area contributed by atoms with Gasteiger partial charge in [0.1, 0.15) is 11.5 Å². The molecule has 0 N–H and O–H groups in total. The number of fused-ring (bicyclic) bond motifs is 3. The van der Waals surface area contributed by atoms with Gasteiger partial charge in [0.2, 0.25) is 5.95 Å². The average Bonchev–Trinajstić information content (AvgIpc) is 3.58. The van der Waals surface area contributed by atoms with Crippen LogP contribution in [0.2, 0.25) is 0 Å². The van der Waals surface area contributed by atoms with Crippen LogP contribution in [0.25, 0.3) is 27.8 Å². The van der Waals surface area contributed by atoms with Crippen LogP contribution in [0.5, 0.6) is 11.5 Å². The first kappa shape index (κ1) is 21.2. The molecule has 1 aliphatic heterocycles. The SMILES string of the molecule is C1=CN(c2cccc(Oc3ccc4c5ccccc5n(-c5ncccn5)c4c3)c2)CN1c1ccccc1. The Labute approximate surface area is 214 Å². The number of benzene rings is 4. The number of nitrogens with zero attached hydrogens (tertiary/aromatic N) is 5. The second-order valence-electron chi connectivity index (χ2n) is 8.89. The maximum Gasteiger partial charge on any atom is 0.234 e. The minimum Gasteiger partial charge on any atom is -0.457 e. The highest BCUT2D eigenvalue weighted by Crippen LogP contribution is 2.35. The summed E-state index contributed by atoms with van der Waals surface area (Å²) in [6, 6.07) is 34.9. The van der Waals surface area contributed by atoms with E-state index in [1.807, 2.05) is 36.4 Å². The summed E-state index contributed by atoms with van der Waals surface area (Å²) in [4.78, 5) is 13.4. The van der Waals surface area contributed by atoms with Crippen LogP contribution in [0.4, 0.5) is 11.4 Å². The van der Waals surface area contributed by atoms with E-state index < -0.39 is 0 Å².